The fourth-order valence-electron chi connectivity index (χ4n) is 3.08. The van der Waals surface area contributed by atoms with E-state index in [4.69, 9.17) is 0 Å². The Labute approximate surface area is 124 Å². The van der Waals surface area contributed by atoms with E-state index in [1.54, 1.807) is 12.1 Å². The smallest absolute Gasteiger partial charge is 0.329 e. The van der Waals surface area contributed by atoms with Crippen molar-refractivity contribution in [3.05, 3.63) is 29.8 Å². The minimum absolute atomic E-state index is 0.0673. The predicted molar refractivity (Wildman–Crippen MR) is 78.0 cm³/mol. The first kappa shape index (κ1) is 15.4. The van der Waals surface area contributed by atoms with Crippen molar-refractivity contribution in [2.45, 2.75) is 44.6 Å². The highest BCUT2D eigenvalue weighted by atomic mass is 16.4. The van der Waals surface area contributed by atoms with E-state index in [1.165, 1.54) is 12.1 Å². The first-order chi connectivity index (χ1) is 9.91. The van der Waals surface area contributed by atoms with Crippen LogP contribution >= 0.6 is 0 Å². The Kier molecular flexibility index (Phi) is 4.50. The van der Waals surface area contributed by atoms with Crippen molar-refractivity contribution in [3.8, 4) is 5.75 Å². The van der Waals surface area contributed by atoms with Crippen molar-refractivity contribution in [1.82, 2.24) is 5.32 Å². The second-order valence-corrected chi connectivity index (χ2v) is 5.98. The Bertz CT molecular complexity index is 543. The molecular formula is C16H21NO4. The van der Waals surface area contributed by atoms with E-state index >= 15 is 0 Å². The van der Waals surface area contributed by atoms with Gasteiger partial charge in [-0.1, -0.05) is 31.9 Å². The number of carbonyl (C=O) groups is 2. The lowest BCUT2D eigenvalue weighted by Gasteiger charge is -2.37. The summed E-state index contributed by atoms with van der Waals surface area (Å²) in [5.41, 5.74) is -0.483. The number of carboxylic acids is 1. The van der Waals surface area contributed by atoms with E-state index in [2.05, 4.69) is 5.32 Å². The number of carboxylic acid groups (broad SMARTS) is 1. The van der Waals surface area contributed by atoms with Crippen LogP contribution in [0.25, 0.3) is 0 Å². The van der Waals surface area contributed by atoms with Crippen molar-refractivity contribution < 1.29 is 19.8 Å². The van der Waals surface area contributed by atoms with Crippen LogP contribution in [0.1, 0.15) is 38.2 Å². The predicted octanol–water partition coefficient (Wildman–Crippen LogP) is 2.08. The van der Waals surface area contributed by atoms with Crippen LogP contribution in [0.15, 0.2) is 24.3 Å². The van der Waals surface area contributed by atoms with Gasteiger partial charge in [0.1, 0.15) is 11.3 Å². The third-order valence-electron chi connectivity index (χ3n) is 4.06. The molecule has 0 bridgehead atoms. The van der Waals surface area contributed by atoms with E-state index in [1.807, 2.05) is 6.92 Å². The molecule has 2 unspecified atom stereocenters. The fraction of sp³-hybridized carbons (Fsp3) is 0.500. The van der Waals surface area contributed by atoms with Gasteiger partial charge >= 0.3 is 5.97 Å². The molecule has 2 rings (SSSR count). The maximum Gasteiger partial charge on any atom is 0.329 e. The Balaban J connectivity index is 2.07. The fourth-order valence-corrected chi connectivity index (χ4v) is 3.08. The van der Waals surface area contributed by atoms with E-state index in [-0.39, 0.29) is 24.0 Å². The summed E-state index contributed by atoms with van der Waals surface area (Å²) in [6.07, 6.45) is 2.81. The van der Waals surface area contributed by atoms with Crippen LogP contribution in [0.5, 0.6) is 5.75 Å². The second kappa shape index (κ2) is 6.16. The lowest BCUT2D eigenvalue weighted by Crippen LogP contribution is -2.57. The van der Waals surface area contributed by atoms with Crippen LogP contribution in [0, 0.1) is 5.92 Å². The number of phenolic OH excluding ortho intramolecular Hbond substituents is 1. The van der Waals surface area contributed by atoms with Gasteiger partial charge in [0.2, 0.25) is 5.91 Å². The molecule has 0 spiro atoms. The summed E-state index contributed by atoms with van der Waals surface area (Å²) in [6, 6.07) is 6.43. The topological polar surface area (TPSA) is 86.6 Å². The minimum atomic E-state index is -1.15. The SMILES string of the molecule is CC1CCCC(NC(=O)Cc2cccc(O)c2)(C(=O)O)C1. The first-order valence-corrected chi connectivity index (χ1v) is 7.23. The third kappa shape index (κ3) is 3.74. The van der Waals surface area contributed by atoms with E-state index in [0.29, 0.717) is 18.4 Å². The van der Waals surface area contributed by atoms with Crippen molar-refractivity contribution in [2.75, 3.05) is 0 Å². The molecule has 1 amide bonds. The van der Waals surface area contributed by atoms with Gasteiger partial charge in [-0.15, -0.1) is 0 Å². The second-order valence-electron chi connectivity index (χ2n) is 5.98. The monoisotopic (exact) mass is 291 g/mol. The van der Waals surface area contributed by atoms with E-state index in [0.717, 1.165) is 12.8 Å². The number of phenols is 1. The standard InChI is InChI=1S/C16H21NO4/c1-11-4-3-7-16(10-11,15(20)21)17-14(19)9-12-5-2-6-13(18)8-12/h2,5-6,8,11,18H,3-4,7,9-10H2,1H3,(H,17,19)(H,20,21). The van der Waals surface area contributed by atoms with Crippen LogP contribution in [0.3, 0.4) is 0 Å². The molecule has 0 saturated heterocycles. The Morgan fingerprint density at radius 2 is 2.19 bits per heavy atom. The number of carbonyl (C=O) groups excluding carboxylic acids is 1. The molecule has 1 aromatic rings. The summed E-state index contributed by atoms with van der Waals surface area (Å²) in [5, 5.41) is 21.6. The number of nitrogens with one attached hydrogen (secondary N) is 1. The number of hydrogen-bond donors (Lipinski definition) is 3. The largest absolute Gasteiger partial charge is 0.508 e. The van der Waals surface area contributed by atoms with Crippen LogP contribution in [0.2, 0.25) is 0 Å². The first-order valence-electron chi connectivity index (χ1n) is 7.23. The Morgan fingerprint density at radius 3 is 2.81 bits per heavy atom. The normalized spacial score (nSPS) is 25.3. The molecule has 1 fully saturated rings. The molecule has 1 aliphatic rings. The van der Waals surface area contributed by atoms with Gasteiger partial charge in [-0.25, -0.2) is 4.79 Å². The van der Waals surface area contributed by atoms with Crippen LogP contribution in [-0.2, 0) is 16.0 Å². The van der Waals surface area contributed by atoms with Gasteiger partial charge < -0.3 is 15.5 Å². The number of aromatic hydroxyl groups is 1. The summed E-state index contributed by atoms with van der Waals surface area (Å²) >= 11 is 0. The van der Waals surface area contributed by atoms with Gasteiger partial charge in [0.25, 0.3) is 0 Å². The summed E-state index contributed by atoms with van der Waals surface area (Å²) in [4.78, 5) is 23.8. The van der Waals surface area contributed by atoms with Gasteiger partial charge in [-0.05, 0) is 36.5 Å². The molecule has 0 radical (unpaired) electrons. The Hall–Kier alpha value is -2.04. The molecule has 0 aromatic heterocycles. The summed E-state index contributed by atoms with van der Waals surface area (Å²) in [7, 11) is 0. The quantitative estimate of drug-likeness (QED) is 0.792. The zero-order valence-corrected chi connectivity index (χ0v) is 12.1. The van der Waals surface area contributed by atoms with Gasteiger partial charge in [0.05, 0.1) is 6.42 Å². The number of hydrogen-bond acceptors (Lipinski definition) is 3. The highest BCUT2D eigenvalue weighted by Crippen LogP contribution is 2.32. The molecular weight excluding hydrogens is 270 g/mol. The van der Waals surface area contributed by atoms with E-state index in [9.17, 15) is 19.8 Å². The highest BCUT2D eigenvalue weighted by molar-refractivity contribution is 5.88. The number of benzene rings is 1. The van der Waals surface area contributed by atoms with Crippen LogP contribution in [0.4, 0.5) is 0 Å². The zero-order chi connectivity index (χ0) is 15.5. The molecule has 1 aromatic carbocycles. The van der Waals surface area contributed by atoms with Gasteiger partial charge in [-0.3, -0.25) is 4.79 Å². The maximum atomic E-state index is 12.2. The molecule has 21 heavy (non-hydrogen) atoms. The van der Waals surface area contributed by atoms with Crippen LogP contribution < -0.4 is 5.32 Å². The molecule has 5 nitrogen and oxygen atoms in total. The van der Waals surface area contributed by atoms with Crippen LogP contribution in [-0.4, -0.2) is 27.6 Å². The minimum Gasteiger partial charge on any atom is -0.508 e. The summed E-state index contributed by atoms with van der Waals surface area (Å²) < 4.78 is 0. The van der Waals surface area contributed by atoms with Crippen molar-refractivity contribution in [3.63, 3.8) is 0 Å². The van der Waals surface area contributed by atoms with Crippen molar-refractivity contribution in [2.24, 2.45) is 5.92 Å². The summed E-state index contributed by atoms with van der Waals surface area (Å²) in [5.74, 6) is -0.897. The third-order valence-corrected chi connectivity index (χ3v) is 4.06. The van der Waals surface area contributed by atoms with Gasteiger partial charge in [-0.2, -0.15) is 0 Å². The molecule has 5 heteroatoms. The average molecular weight is 291 g/mol. The lowest BCUT2D eigenvalue weighted by molar-refractivity contribution is -0.150. The number of rotatable bonds is 4. The molecule has 2 atom stereocenters. The lowest BCUT2D eigenvalue weighted by atomic mass is 9.76. The van der Waals surface area contributed by atoms with Gasteiger partial charge in [0.15, 0.2) is 0 Å². The molecule has 1 aliphatic carbocycles. The Morgan fingerprint density at radius 1 is 1.43 bits per heavy atom. The zero-order valence-electron chi connectivity index (χ0n) is 12.1. The number of amides is 1. The molecule has 114 valence electrons. The average Bonchev–Trinajstić information content (AvgIpc) is 2.38. The molecule has 1 saturated carbocycles. The molecule has 3 N–H and O–H groups in total. The van der Waals surface area contributed by atoms with Crippen molar-refractivity contribution in [1.29, 1.82) is 0 Å². The van der Waals surface area contributed by atoms with Crippen molar-refractivity contribution >= 4 is 11.9 Å². The highest BCUT2D eigenvalue weighted by Gasteiger charge is 2.43. The summed E-state index contributed by atoms with van der Waals surface area (Å²) in [6.45, 7) is 2.01. The molecule has 0 aliphatic heterocycles. The van der Waals surface area contributed by atoms with Gasteiger partial charge in [0, 0.05) is 0 Å². The molecule has 0 heterocycles. The van der Waals surface area contributed by atoms with E-state index < -0.39 is 11.5 Å². The maximum absolute atomic E-state index is 12.2. The number of aliphatic carboxylic acids is 1.